The predicted octanol–water partition coefficient (Wildman–Crippen LogP) is 5.51. The number of sulfonamides is 1. The summed E-state index contributed by atoms with van der Waals surface area (Å²) in [5.41, 5.74) is 4.05. The molecule has 184 valence electrons. The van der Waals surface area contributed by atoms with E-state index in [1.807, 2.05) is 18.2 Å². The number of rotatable bonds is 8. The van der Waals surface area contributed by atoms with Crippen LogP contribution in [0.4, 0.5) is 11.7 Å². The predicted molar refractivity (Wildman–Crippen MR) is 138 cm³/mol. The van der Waals surface area contributed by atoms with E-state index >= 15 is 0 Å². The fourth-order valence-electron chi connectivity index (χ4n) is 3.69. The van der Waals surface area contributed by atoms with Gasteiger partial charge in [-0.2, -0.15) is 5.10 Å². The van der Waals surface area contributed by atoms with E-state index in [9.17, 15) is 8.42 Å². The Bertz CT molecular complexity index is 1630. The first-order chi connectivity index (χ1) is 17.3. The number of H-pyrrole nitrogens is 1. The van der Waals surface area contributed by atoms with E-state index in [1.165, 1.54) is 6.26 Å². The molecule has 0 aliphatic carbocycles. The molecule has 0 aliphatic heterocycles. The second-order valence-corrected chi connectivity index (χ2v) is 10.5. The average molecular weight is 569 g/mol. The lowest BCUT2D eigenvalue weighted by molar-refractivity contribution is 0.430. The van der Waals surface area contributed by atoms with E-state index in [-0.39, 0.29) is 10.8 Å². The van der Waals surface area contributed by atoms with Crippen molar-refractivity contribution in [1.82, 2.24) is 20.3 Å². The summed E-state index contributed by atoms with van der Waals surface area (Å²) in [5.74, 6) is 1.18. The largest absolute Gasteiger partial charge is 0.445 e. The van der Waals surface area contributed by atoms with Crippen LogP contribution in [0.25, 0.3) is 22.6 Å². The normalized spacial score (nSPS) is 11.5. The summed E-state index contributed by atoms with van der Waals surface area (Å²) in [6.45, 7) is 3.85. The second kappa shape index (κ2) is 9.63. The van der Waals surface area contributed by atoms with Crippen LogP contribution in [0.2, 0.25) is 0 Å². The van der Waals surface area contributed by atoms with Gasteiger partial charge in [-0.3, -0.25) is 5.10 Å². The Morgan fingerprint density at radius 1 is 1.11 bits per heavy atom. The number of halogens is 1. The highest BCUT2D eigenvalue weighted by atomic mass is 79.9. The number of aromatic nitrogens is 4. The molecule has 12 heteroatoms. The highest BCUT2D eigenvalue weighted by Gasteiger charge is 2.24. The van der Waals surface area contributed by atoms with Crippen molar-refractivity contribution in [2.45, 2.75) is 25.3 Å². The number of aromatic amines is 1. The van der Waals surface area contributed by atoms with E-state index in [2.05, 4.69) is 46.3 Å². The third-order valence-electron chi connectivity index (χ3n) is 5.68. The van der Waals surface area contributed by atoms with Gasteiger partial charge in [-0.15, -0.1) is 0 Å². The number of hydrogen-bond donors (Lipinski definition) is 3. The molecule has 3 N–H and O–H groups in total. The molecule has 0 saturated heterocycles. The van der Waals surface area contributed by atoms with Crippen LogP contribution >= 0.6 is 15.9 Å². The van der Waals surface area contributed by atoms with Gasteiger partial charge in [0, 0.05) is 29.4 Å². The molecule has 0 saturated carbocycles. The molecule has 0 aliphatic rings. The number of nitrogens with one attached hydrogen (secondary N) is 3. The van der Waals surface area contributed by atoms with Gasteiger partial charge >= 0.3 is 0 Å². The number of benzene rings is 2. The van der Waals surface area contributed by atoms with Crippen LogP contribution in [0.1, 0.15) is 16.8 Å². The van der Waals surface area contributed by atoms with Crippen molar-refractivity contribution in [1.29, 1.82) is 0 Å². The third kappa shape index (κ3) is 4.64. The van der Waals surface area contributed by atoms with Gasteiger partial charge in [-0.05, 0) is 59.1 Å². The lowest BCUT2D eigenvalue weighted by Crippen LogP contribution is -2.14. The second-order valence-electron chi connectivity index (χ2n) is 7.97. The van der Waals surface area contributed by atoms with E-state index < -0.39 is 10.0 Å². The molecule has 0 fully saturated rings. The zero-order valence-corrected chi connectivity index (χ0v) is 21.6. The molecular formula is C24H21BrN6O4S. The van der Waals surface area contributed by atoms with Gasteiger partial charge in [0.05, 0.1) is 21.3 Å². The molecule has 0 bridgehead atoms. The molecule has 0 spiro atoms. The summed E-state index contributed by atoms with van der Waals surface area (Å²) in [6, 6.07) is 12.4. The zero-order chi connectivity index (χ0) is 25.3. The average Bonchev–Trinajstić information content (AvgIpc) is 3.62. The Hall–Kier alpha value is -3.90. The minimum absolute atomic E-state index is 0.0896. The molecule has 0 radical (unpaired) electrons. The Morgan fingerprint density at radius 2 is 1.94 bits per heavy atom. The summed E-state index contributed by atoms with van der Waals surface area (Å²) >= 11 is 3.44. The van der Waals surface area contributed by atoms with Crippen LogP contribution in [0, 0.1) is 13.8 Å². The molecule has 3 aromatic heterocycles. The number of nitrogens with zero attached hydrogens (tertiary/aromatic N) is 3. The molecule has 0 amide bonds. The van der Waals surface area contributed by atoms with E-state index in [0.29, 0.717) is 35.1 Å². The molecule has 5 rings (SSSR count). The number of aryl methyl sites for hydroxylation is 1. The van der Waals surface area contributed by atoms with Gasteiger partial charge in [0.2, 0.25) is 11.8 Å². The van der Waals surface area contributed by atoms with Crippen molar-refractivity contribution in [3.63, 3.8) is 0 Å². The molecule has 3 heterocycles. The first-order valence-electron chi connectivity index (χ1n) is 10.8. The maximum atomic E-state index is 13.5. The smallest absolute Gasteiger partial charge is 0.264 e. The number of oxazole rings is 1. The Balaban J connectivity index is 1.58. The molecule has 36 heavy (non-hydrogen) atoms. The lowest BCUT2D eigenvalue weighted by atomic mass is 9.97. The monoisotopic (exact) mass is 568 g/mol. The SMILES string of the molecule is Cc1noc(NS(=O)(=O)c2ccccc2-c2ccc(-c3ncco3)cc2CNc2n[nH]cc2Br)c1C. The van der Waals surface area contributed by atoms with Crippen LogP contribution in [0.3, 0.4) is 0 Å². The first kappa shape index (κ1) is 23.8. The summed E-state index contributed by atoms with van der Waals surface area (Å²) in [6.07, 6.45) is 4.79. The fraction of sp³-hybridized carbons (Fsp3) is 0.125. The van der Waals surface area contributed by atoms with Crippen molar-refractivity contribution in [3.8, 4) is 22.6 Å². The van der Waals surface area contributed by atoms with E-state index in [1.54, 1.807) is 50.5 Å². The van der Waals surface area contributed by atoms with Gasteiger partial charge in [0.25, 0.3) is 10.0 Å². The topological polar surface area (TPSA) is 139 Å². The third-order valence-corrected chi connectivity index (χ3v) is 7.67. The van der Waals surface area contributed by atoms with Crippen LogP contribution in [-0.4, -0.2) is 28.8 Å². The summed E-state index contributed by atoms with van der Waals surface area (Å²) in [5, 5.41) is 14.1. The molecule has 0 unspecified atom stereocenters. The van der Waals surface area contributed by atoms with Gasteiger partial charge in [-0.1, -0.05) is 29.4 Å². The lowest BCUT2D eigenvalue weighted by Gasteiger charge is -2.16. The minimum Gasteiger partial charge on any atom is -0.445 e. The minimum atomic E-state index is -4.00. The maximum Gasteiger partial charge on any atom is 0.264 e. The van der Waals surface area contributed by atoms with Gasteiger partial charge in [-0.25, -0.2) is 18.1 Å². The fourth-order valence-corrected chi connectivity index (χ4v) is 5.29. The quantitative estimate of drug-likeness (QED) is 0.222. The van der Waals surface area contributed by atoms with E-state index in [0.717, 1.165) is 21.2 Å². The Kier molecular flexibility index (Phi) is 6.37. The maximum absolute atomic E-state index is 13.5. The van der Waals surface area contributed by atoms with Gasteiger partial charge in [0.1, 0.15) is 6.26 Å². The van der Waals surface area contributed by atoms with Crippen molar-refractivity contribution >= 4 is 37.7 Å². The van der Waals surface area contributed by atoms with Crippen molar-refractivity contribution < 1.29 is 17.4 Å². The van der Waals surface area contributed by atoms with Gasteiger partial charge in [0.15, 0.2) is 5.82 Å². The molecule has 0 atom stereocenters. The highest BCUT2D eigenvalue weighted by Crippen LogP contribution is 2.34. The first-order valence-corrected chi connectivity index (χ1v) is 13.1. The standard InChI is InChI=1S/C24H21BrN6O4S/c1-14-15(2)30-35-23(14)31-36(32,33)21-6-4-3-5-19(21)18-8-7-16(24-26-9-10-34-24)11-17(18)12-27-22-20(25)13-28-29-22/h3-11,13,31H,12H2,1-2H3,(H2,27,28,29). The van der Waals surface area contributed by atoms with E-state index in [4.69, 9.17) is 8.94 Å². The summed E-state index contributed by atoms with van der Waals surface area (Å²) in [4.78, 5) is 4.34. The van der Waals surface area contributed by atoms with Gasteiger partial charge < -0.3 is 14.3 Å². The van der Waals surface area contributed by atoms with Crippen LogP contribution in [-0.2, 0) is 16.6 Å². The molecule has 5 aromatic rings. The summed E-state index contributed by atoms with van der Waals surface area (Å²) < 4.78 is 40.9. The molecular weight excluding hydrogens is 548 g/mol. The van der Waals surface area contributed by atoms with Crippen LogP contribution in [0.15, 0.2) is 79.4 Å². The van der Waals surface area contributed by atoms with Crippen molar-refractivity contribution in [2.75, 3.05) is 10.0 Å². The number of hydrogen-bond acceptors (Lipinski definition) is 8. The molecule has 10 nitrogen and oxygen atoms in total. The number of anilines is 2. The van der Waals surface area contributed by atoms with Crippen LogP contribution in [0.5, 0.6) is 0 Å². The van der Waals surface area contributed by atoms with Crippen LogP contribution < -0.4 is 10.0 Å². The zero-order valence-electron chi connectivity index (χ0n) is 19.2. The van der Waals surface area contributed by atoms with Crippen molar-refractivity contribution in [2.24, 2.45) is 0 Å². The Labute approximate surface area is 215 Å². The summed E-state index contributed by atoms with van der Waals surface area (Å²) in [7, 11) is -4.00. The Morgan fingerprint density at radius 3 is 2.64 bits per heavy atom. The highest BCUT2D eigenvalue weighted by molar-refractivity contribution is 9.10. The molecule has 2 aromatic carbocycles. The van der Waals surface area contributed by atoms with Crippen molar-refractivity contribution in [3.05, 3.63) is 82.4 Å².